The highest BCUT2D eigenvalue weighted by molar-refractivity contribution is 7.92. The van der Waals surface area contributed by atoms with Crippen LogP contribution in [0, 0.1) is 22.5 Å². The molecule has 2 aliphatic heterocycles. The fraction of sp³-hybridized carbons (Fsp3) is 0.429. The summed E-state index contributed by atoms with van der Waals surface area (Å²) in [6.07, 6.45) is 1.44. The number of ketones is 1. The number of Topliss-reactive ketones (excluding diaryl/α,β-unsaturated/α-hetero) is 1. The van der Waals surface area contributed by atoms with Gasteiger partial charge < -0.3 is 24.7 Å². The maximum atomic E-state index is 14.1. The number of hydrogen-bond donors (Lipinski definition) is 2. The molecule has 0 amide bonds. The van der Waals surface area contributed by atoms with Gasteiger partial charge in [-0.2, -0.15) is 13.2 Å². The summed E-state index contributed by atoms with van der Waals surface area (Å²) in [7, 11) is -4.37. The minimum Gasteiger partial charge on any atom is -0.455 e. The van der Waals surface area contributed by atoms with Crippen molar-refractivity contribution in [3.63, 3.8) is 0 Å². The van der Waals surface area contributed by atoms with Crippen LogP contribution in [-0.4, -0.2) is 116 Å². The number of sulfone groups is 1. The number of likely N-dealkylation sites (N-methyl/N-ethyl adjacent to an activating group) is 1. The molecule has 67 heavy (non-hydrogen) atoms. The van der Waals surface area contributed by atoms with Crippen molar-refractivity contribution in [3.05, 3.63) is 117 Å². The van der Waals surface area contributed by atoms with Gasteiger partial charge in [-0.15, -0.1) is 0 Å². The zero-order valence-electron chi connectivity index (χ0n) is 38.1. The molecule has 0 spiro atoms. The topological polar surface area (TPSA) is 163 Å². The number of hydrogen-bond acceptors (Lipinski definition) is 12. The van der Waals surface area contributed by atoms with Gasteiger partial charge in [-0.3, -0.25) is 24.7 Å². The van der Waals surface area contributed by atoms with Crippen LogP contribution in [0.2, 0.25) is 0 Å². The third-order valence-electron chi connectivity index (χ3n) is 13.2. The fourth-order valence-corrected chi connectivity index (χ4v) is 10.6. The summed E-state index contributed by atoms with van der Waals surface area (Å²) in [6, 6.07) is 16.2. The number of ether oxygens (including phenoxy) is 2. The van der Waals surface area contributed by atoms with E-state index in [1.54, 1.807) is 43.5 Å². The number of rotatable bonds is 15. The number of nitrogens with one attached hydrogen (secondary N) is 2. The predicted molar refractivity (Wildman–Crippen MR) is 252 cm³/mol. The van der Waals surface area contributed by atoms with Crippen molar-refractivity contribution in [3.8, 4) is 11.5 Å². The molecule has 14 nitrogen and oxygen atoms in total. The lowest BCUT2D eigenvalue weighted by Crippen LogP contribution is -2.48. The third-order valence-corrected chi connectivity index (χ3v) is 14.8. The smallest absolute Gasteiger partial charge is 0.416 e. The quantitative estimate of drug-likeness (QED) is 0.0582. The summed E-state index contributed by atoms with van der Waals surface area (Å²) in [5.74, 6) is -1.27. The van der Waals surface area contributed by atoms with E-state index >= 15 is 0 Å². The van der Waals surface area contributed by atoms with Crippen LogP contribution in [0.15, 0.2) is 89.6 Å². The molecule has 356 valence electrons. The summed E-state index contributed by atoms with van der Waals surface area (Å²) < 4.78 is 80.4. The van der Waals surface area contributed by atoms with E-state index in [2.05, 4.69) is 43.8 Å². The maximum absolute atomic E-state index is 14.1. The van der Waals surface area contributed by atoms with E-state index in [0.717, 1.165) is 60.6 Å². The first-order chi connectivity index (χ1) is 31.9. The number of morpholine rings is 1. The second-order valence-corrected chi connectivity index (χ2v) is 20.4. The Labute approximate surface area is 388 Å². The molecule has 0 saturated carbocycles. The zero-order chi connectivity index (χ0) is 47.7. The molecule has 2 fully saturated rings. The molecule has 2 aromatic heterocycles. The number of aryl methyl sites for hydroxylation is 1. The van der Waals surface area contributed by atoms with Crippen molar-refractivity contribution in [2.75, 3.05) is 81.5 Å². The summed E-state index contributed by atoms with van der Waals surface area (Å²) in [5.41, 5.74) is 4.35. The molecular weight excluding hydrogens is 888 g/mol. The number of nitrogens with zero attached hydrogens (tertiary/aromatic N) is 5. The van der Waals surface area contributed by atoms with Gasteiger partial charge in [0.15, 0.2) is 15.6 Å². The van der Waals surface area contributed by atoms with Gasteiger partial charge >= 0.3 is 6.18 Å². The Morgan fingerprint density at radius 1 is 1.04 bits per heavy atom. The Kier molecular flexibility index (Phi) is 13.8. The SMILES string of the molecule is CCN1CCOCC1CNc1ccc(S(=O)(=O)CC(=O)c2ccc(N3CCN(CC4=C(c5ccc(C(F)(F)F)cc5C)CC(C)(C)CC4)CC3)cc2Oc2cnc3[nH]ccc3c2)cc1[N+](=O)[O-]. The molecule has 1 unspecified atom stereocenters. The van der Waals surface area contributed by atoms with E-state index < -0.39 is 43.7 Å². The number of aromatic nitrogens is 2. The number of allylic oxidation sites excluding steroid dienone is 1. The van der Waals surface area contributed by atoms with Gasteiger partial charge in [0.25, 0.3) is 5.69 Å². The lowest BCUT2D eigenvalue weighted by Gasteiger charge is -2.39. The highest BCUT2D eigenvalue weighted by Crippen LogP contribution is 2.45. The zero-order valence-corrected chi connectivity index (χ0v) is 38.9. The van der Waals surface area contributed by atoms with Crippen LogP contribution in [-0.2, 0) is 20.8 Å². The standard InChI is InChI=1S/C49H56F3N7O7S/c1-5-57-20-21-65-30-37(57)27-54-43-11-8-39(25-44(43)59(61)62)67(63,64)31-45(60)41-10-7-36(24-46(41)66-38-23-33-13-15-53-47(33)55-28-38)58-18-16-56(17-19-58)29-34-12-14-48(3,4)26-42(34)40-9-6-35(22-32(40)2)49(50,51)52/h6-11,13,15,22-25,28,37,54H,5,12,14,16-21,26-27,29-31H2,1-4H3,(H,53,55). The van der Waals surface area contributed by atoms with Crippen molar-refractivity contribution < 1.29 is 40.8 Å². The highest BCUT2D eigenvalue weighted by atomic mass is 32.2. The predicted octanol–water partition coefficient (Wildman–Crippen LogP) is 9.17. The van der Waals surface area contributed by atoms with Crippen LogP contribution in [0.4, 0.5) is 30.2 Å². The van der Waals surface area contributed by atoms with Crippen LogP contribution in [0.25, 0.3) is 16.6 Å². The van der Waals surface area contributed by atoms with Crippen LogP contribution < -0.4 is 15.0 Å². The number of carbonyl (C=O) groups excluding carboxylic acids is 1. The fourth-order valence-electron chi connectivity index (χ4n) is 9.39. The van der Waals surface area contributed by atoms with Gasteiger partial charge in [0, 0.05) is 75.2 Å². The normalized spacial score (nSPS) is 18.6. The van der Waals surface area contributed by atoms with E-state index in [4.69, 9.17) is 9.47 Å². The van der Waals surface area contributed by atoms with Crippen LogP contribution in [0.3, 0.4) is 0 Å². The molecule has 0 bridgehead atoms. The largest absolute Gasteiger partial charge is 0.455 e. The second-order valence-electron chi connectivity index (χ2n) is 18.4. The summed E-state index contributed by atoms with van der Waals surface area (Å²) in [6.45, 7) is 14.5. The number of piperazine rings is 1. The number of benzene rings is 3. The number of anilines is 2. The monoisotopic (exact) mass is 943 g/mol. The van der Waals surface area contributed by atoms with Gasteiger partial charge in [-0.05, 0) is 103 Å². The number of carbonyl (C=O) groups is 1. The molecule has 8 rings (SSSR count). The Balaban J connectivity index is 1.00. The van der Waals surface area contributed by atoms with E-state index in [1.807, 2.05) is 13.0 Å². The first kappa shape index (κ1) is 47.7. The van der Waals surface area contributed by atoms with Gasteiger partial charge in [0.1, 0.15) is 28.6 Å². The maximum Gasteiger partial charge on any atom is 0.416 e. The minimum absolute atomic E-state index is 0.0134. The first-order valence-electron chi connectivity index (χ1n) is 22.6. The number of halogens is 3. The molecule has 1 aliphatic carbocycles. The van der Waals surface area contributed by atoms with Gasteiger partial charge in [0.2, 0.25) is 0 Å². The van der Waals surface area contributed by atoms with Crippen molar-refractivity contribution in [1.29, 1.82) is 0 Å². The molecule has 3 aliphatic rings. The Bertz CT molecular complexity index is 2800. The Morgan fingerprint density at radius 3 is 2.57 bits per heavy atom. The number of alkyl halides is 3. The Hall–Kier alpha value is -5.82. The van der Waals surface area contributed by atoms with Crippen molar-refractivity contribution in [2.24, 2.45) is 5.41 Å². The van der Waals surface area contributed by atoms with E-state index in [9.17, 15) is 36.5 Å². The molecular formula is C49H56F3N7O7S. The summed E-state index contributed by atoms with van der Waals surface area (Å²) >= 11 is 0. The molecule has 2 saturated heterocycles. The average Bonchev–Trinajstić information content (AvgIpc) is 3.77. The number of pyridine rings is 1. The van der Waals surface area contributed by atoms with Crippen LogP contribution in [0.5, 0.6) is 11.5 Å². The molecule has 18 heteroatoms. The van der Waals surface area contributed by atoms with Crippen molar-refractivity contribution in [2.45, 2.75) is 64.1 Å². The lowest BCUT2D eigenvalue weighted by atomic mass is 9.72. The van der Waals surface area contributed by atoms with Crippen molar-refractivity contribution in [1.82, 2.24) is 19.8 Å². The van der Waals surface area contributed by atoms with E-state index in [0.29, 0.717) is 69.4 Å². The van der Waals surface area contributed by atoms with E-state index in [1.165, 1.54) is 36.0 Å². The molecule has 4 heterocycles. The lowest BCUT2D eigenvalue weighted by molar-refractivity contribution is -0.384. The van der Waals surface area contributed by atoms with Crippen LogP contribution in [0.1, 0.15) is 67.1 Å². The van der Waals surface area contributed by atoms with Gasteiger partial charge in [-0.25, -0.2) is 13.4 Å². The summed E-state index contributed by atoms with van der Waals surface area (Å²) in [4.78, 5) is 39.5. The highest BCUT2D eigenvalue weighted by Gasteiger charge is 2.34. The number of H-pyrrole nitrogens is 1. The third kappa shape index (κ3) is 11.0. The van der Waals surface area contributed by atoms with Gasteiger partial charge in [-0.1, -0.05) is 32.4 Å². The molecule has 3 aromatic carbocycles. The van der Waals surface area contributed by atoms with E-state index in [-0.39, 0.29) is 33.4 Å². The summed E-state index contributed by atoms with van der Waals surface area (Å²) in [5, 5.41) is 16.1. The molecule has 5 aromatic rings. The second kappa shape index (κ2) is 19.4. The molecule has 2 N–H and O–H groups in total. The Morgan fingerprint density at radius 2 is 1.84 bits per heavy atom. The molecule has 0 radical (unpaired) electrons. The number of aromatic amines is 1. The average molecular weight is 944 g/mol. The minimum atomic E-state index is -4.41. The molecule has 1 atom stereocenters. The number of nitro groups is 1. The van der Waals surface area contributed by atoms with Crippen molar-refractivity contribution >= 4 is 49.3 Å². The van der Waals surface area contributed by atoms with Gasteiger partial charge in [0.05, 0.1) is 46.4 Å². The number of fused-ring (bicyclic) bond motifs is 1. The first-order valence-corrected chi connectivity index (χ1v) is 24.2. The van der Waals surface area contributed by atoms with Crippen LogP contribution >= 0.6 is 0 Å². The number of nitro benzene ring substituents is 1.